The van der Waals surface area contributed by atoms with Gasteiger partial charge in [0.2, 0.25) is 0 Å². The first-order chi connectivity index (χ1) is 14.7. The van der Waals surface area contributed by atoms with Gasteiger partial charge in [-0.1, -0.05) is 50.2 Å². The summed E-state index contributed by atoms with van der Waals surface area (Å²) < 4.78 is 5.76. The largest absolute Gasteiger partial charge is 0.461 e. The zero-order valence-corrected chi connectivity index (χ0v) is 19.0. The molecule has 30 heavy (non-hydrogen) atoms. The van der Waals surface area contributed by atoms with Crippen molar-refractivity contribution in [2.45, 2.75) is 49.5 Å². The Kier molecular flexibility index (Phi) is 6.69. The Morgan fingerprint density at radius 2 is 2.03 bits per heavy atom. The Balaban J connectivity index is 1.66. The van der Waals surface area contributed by atoms with Gasteiger partial charge in [-0.3, -0.25) is 5.43 Å². The molecule has 9 heteroatoms. The molecule has 158 valence electrons. The number of nitrogens with one attached hydrogen (secondary N) is 2. The van der Waals surface area contributed by atoms with Crippen molar-refractivity contribution in [2.24, 2.45) is 4.99 Å². The van der Waals surface area contributed by atoms with Crippen LogP contribution in [-0.4, -0.2) is 39.0 Å². The second kappa shape index (κ2) is 9.61. The Hall–Kier alpha value is -2.39. The highest BCUT2D eigenvalue weighted by Gasteiger charge is 2.37. The summed E-state index contributed by atoms with van der Waals surface area (Å²) in [5.74, 6) is 4.12. The molecule has 0 fully saturated rings. The fourth-order valence-electron chi connectivity index (χ4n) is 3.20. The molecule has 3 heterocycles. The molecule has 0 saturated carbocycles. The van der Waals surface area contributed by atoms with E-state index in [1.807, 2.05) is 41.6 Å². The third-order valence-corrected chi connectivity index (χ3v) is 6.36. The molecule has 0 aliphatic carbocycles. The number of benzene rings is 1. The minimum absolute atomic E-state index is 0.0389. The summed E-state index contributed by atoms with van der Waals surface area (Å²) in [6, 6.07) is 9.67. The number of aliphatic imine (C=N–C) groups is 1. The second-order valence-electron chi connectivity index (χ2n) is 6.86. The first-order valence-corrected chi connectivity index (χ1v) is 12.4. The van der Waals surface area contributed by atoms with E-state index in [0.29, 0.717) is 5.82 Å². The number of hydrazine groups is 1. The van der Waals surface area contributed by atoms with Crippen molar-refractivity contribution in [3.05, 3.63) is 48.0 Å². The predicted octanol–water partition coefficient (Wildman–Crippen LogP) is 4.70. The van der Waals surface area contributed by atoms with Crippen molar-refractivity contribution in [2.75, 3.05) is 17.3 Å². The number of hydrogen-bond donors (Lipinski definition) is 2. The van der Waals surface area contributed by atoms with Crippen LogP contribution in [0, 0.1) is 0 Å². The van der Waals surface area contributed by atoms with E-state index in [0.717, 1.165) is 51.7 Å². The van der Waals surface area contributed by atoms with E-state index in [1.54, 1.807) is 29.8 Å². The van der Waals surface area contributed by atoms with E-state index >= 15 is 0 Å². The molecular weight excluding hydrogens is 416 g/mol. The highest BCUT2D eigenvalue weighted by molar-refractivity contribution is 7.99. The van der Waals surface area contributed by atoms with E-state index in [-0.39, 0.29) is 6.17 Å². The summed E-state index contributed by atoms with van der Waals surface area (Å²) in [5.41, 5.74) is 4.28. The number of ether oxygens (including phenoxy) is 1. The van der Waals surface area contributed by atoms with Crippen LogP contribution in [0.25, 0.3) is 0 Å². The van der Waals surface area contributed by atoms with Gasteiger partial charge in [0.1, 0.15) is 29.0 Å². The van der Waals surface area contributed by atoms with Crippen molar-refractivity contribution in [1.29, 1.82) is 0 Å². The van der Waals surface area contributed by atoms with Gasteiger partial charge in [-0.2, -0.15) is 0 Å². The summed E-state index contributed by atoms with van der Waals surface area (Å²) >= 11 is 3.33. The molecule has 0 saturated heterocycles. The molecule has 0 amide bonds. The lowest BCUT2D eigenvalue weighted by atomic mass is 10.2. The standard InChI is InChI=1S/C21H26N6OS2/c1-4-6-12-30-21-24-18-17(20(25-21)29-3)19-22-15(26-27(19)16(5-2)23-18)13-28-14-10-8-7-9-11-14/h7-11,13,16,26H,4-6,12H2,1-3H3,(H,23,24,25). The maximum atomic E-state index is 5.76. The van der Waals surface area contributed by atoms with Gasteiger partial charge < -0.3 is 10.1 Å². The highest BCUT2D eigenvalue weighted by Crippen LogP contribution is 2.35. The number of hydrogen-bond acceptors (Lipinski definition) is 9. The lowest BCUT2D eigenvalue weighted by Gasteiger charge is -2.36. The monoisotopic (exact) mass is 442 g/mol. The van der Waals surface area contributed by atoms with Crippen LogP contribution in [0.1, 0.15) is 38.7 Å². The lowest BCUT2D eigenvalue weighted by Crippen LogP contribution is -2.52. The van der Waals surface area contributed by atoms with Gasteiger partial charge in [0.15, 0.2) is 16.8 Å². The normalized spacial score (nSPS) is 18.4. The fraction of sp³-hybridized carbons (Fsp3) is 0.381. The van der Waals surface area contributed by atoms with Crippen LogP contribution in [-0.2, 0) is 0 Å². The number of para-hydroxylation sites is 1. The van der Waals surface area contributed by atoms with Crippen molar-refractivity contribution in [3.63, 3.8) is 0 Å². The van der Waals surface area contributed by atoms with Crippen molar-refractivity contribution in [3.8, 4) is 5.75 Å². The van der Waals surface area contributed by atoms with Crippen LogP contribution in [0.2, 0.25) is 0 Å². The molecule has 2 aliphatic rings. The second-order valence-corrected chi connectivity index (χ2v) is 8.72. The van der Waals surface area contributed by atoms with Crippen LogP contribution in [0.5, 0.6) is 5.75 Å². The zero-order chi connectivity index (χ0) is 20.9. The smallest absolute Gasteiger partial charge is 0.190 e. The van der Waals surface area contributed by atoms with Gasteiger partial charge in [-0.25, -0.2) is 20.0 Å². The molecule has 2 N–H and O–H groups in total. The predicted molar refractivity (Wildman–Crippen MR) is 124 cm³/mol. The number of thioether (sulfide) groups is 2. The van der Waals surface area contributed by atoms with E-state index < -0.39 is 0 Å². The third-order valence-electron chi connectivity index (χ3n) is 4.74. The minimum Gasteiger partial charge on any atom is -0.461 e. The number of nitrogens with zero attached hydrogens (tertiary/aromatic N) is 4. The molecule has 1 aromatic carbocycles. The van der Waals surface area contributed by atoms with Crippen LogP contribution in [0.3, 0.4) is 0 Å². The zero-order valence-electron chi connectivity index (χ0n) is 17.4. The molecule has 2 aromatic rings. The Labute approximate surface area is 185 Å². The van der Waals surface area contributed by atoms with E-state index in [2.05, 4.69) is 24.6 Å². The first-order valence-electron chi connectivity index (χ1n) is 10.2. The number of unbranched alkanes of at least 4 members (excludes halogenated alkanes) is 1. The van der Waals surface area contributed by atoms with Gasteiger partial charge in [-0.05, 0) is 31.2 Å². The van der Waals surface area contributed by atoms with Gasteiger partial charge in [0.25, 0.3) is 0 Å². The number of rotatable bonds is 8. The lowest BCUT2D eigenvalue weighted by molar-refractivity contribution is 0.276. The van der Waals surface area contributed by atoms with E-state index in [9.17, 15) is 0 Å². The topological polar surface area (TPSA) is 74.7 Å². The maximum Gasteiger partial charge on any atom is 0.190 e. The number of fused-ring (bicyclic) bond motifs is 3. The van der Waals surface area contributed by atoms with E-state index in [4.69, 9.17) is 19.7 Å². The Bertz CT molecular complexity index is 950. The molecule has 1 aromatic heterocycles. The molecule has 2 aliphatic heterocycles. The number of anilines is 1. The first kappa shape index (κ1) is 20.9. The average Bonchev–Trinajstić information content (AvgIpc) is 3.21. The number of amidine groups is 1. The third kappa shape index (κ3) is 4.37. The van der Waals surface area contributed by atoms with Crippen molar-refractivity contribution >= 4 is 35.2 Å². The van der Waals surface area contributed by atoms with Crippen LogP contribution < -0.4 is 15.5 Å². The highest BCUT2D eigenvalue weighted by atomic mass is 32.2. The quantitative estimate of drug-likeness (QED) is 0.200. The van der Waals surface area contributed by atoms with E-state index in [1.165, 1.54) is 6.42 Å². The molecule has 4 rings (SSSR count). The summed E-state index contributed by atoms with van der Waals surface area (Å²) in [6.07, 6.45) is 6.93. The SMILES string of the molecule is CCCCSc1nc2c(c(SC)n1)C1=NC(=COc3ccccc3)NN1C(CC)N2. The Morgan fingerprint density at radius 1 is 1.20 bits per heavy atom. The minimum atomic E-state index is 0.0389. The fourth-order valence-corrected chi connectivity index (χ4v) is 4.76. The summed E-state index contributed by atoms with van der Waals surface area (Å²) in [7, 11) is 0. The van der Waals surface area contributed by atoms with Crippen LogP contribution in [0.4, 0.5) is 5.82 Å². The van der Waals surface area contributed by atoms with Crippen LogP contribution in [0.15, 0.2) is 57.6 Å². The molecule has 1 unspecified atom stereocenters. The molecule has 7 nitrogen and oxygen atoms in total. The maximum absolute atomic E-state index is 5.76. The molecule has 0 spiro atoms. The summed E-state index contributed by atoms with van der Waals surface area (Å²) in [5, 5.41) is 7.34. The van der Waals surface area contributed by atoms with Gasteiger partial charge in [-0.15, -0.1) is 11.8 Å². The summed E-state index contributed by atoms with van der Waals surface area (Å²) in [4.78, 5) is 14.4. The average molecular weight is 443 g/mol. The van der Waals surface area contributed by atoms with Crippen LogP contribution >= 0.6 is 23.5 Å². The van der Waals surface area contributed by atoms with Gasteiger partial charge >= 0.3 is 0 Å². The molecular formula is C21H26N6OS2. The summed E-state index contributed by atoms with van der Waals surface area (Å²) in [6.45, 7) is 4.33. The Morgan fingerprint density at radius 3 is 2.77 bits per heavy atom. The van der Waals surface area contributed by atoms with Gasteiger partial charge in [0.05, 0.1) is 5.56 Å². The van der Waals surface area contributed by atoms with Crippen molar-refractivity contribution < 1.29 is 4.74 Å². The van der Waals surface area contributed by atoms with Gasteiger partial charge in [0, 0.05) is 5.75 Å². The molecule has 1 atom stereocenters. The molecule has 0 radical (unpaired) electrons. The van der Waals surface area contributed by atoms with Crippen molar-refractivity contribution in [1.82, 2.24) is 20.4 Å². The molecule has 0 bridgehead atoms. The number of aromatic nitrogens is 2.